The maximum Gasteiger partial charge on any atom is 0.261 e. The molecule has 1 heterocycles. The van der Waals surface area contributed by atoms with E-state index in [4.69, 9.17) is 4.74 Å². The van der Waals surface area contributed by atoms with Crippen LogP contribution in [0.1, 0.15) is 17.5 Å². The molecule has 0 radical (unpaired) electrons. The molecule has 28 heavy (non-hydrogen) atoms. The van der Waals surface area contributed by atoms with E-state index in [1.165, 1.54) is 10.9 Å². The molecule has 0 spiro atoms. The fourth-order valence-electron chi connectivity index (χ4n) is 3.03. The molecule has 6 nitrogen and oxygen atoms in total. The van der Waals surface area contributed by atoms with E-state index in [0.29, 0.717) is 30.6 Å². The van der Waals surface area contributed by atoms with Gasteiger partial charge in [-0.2, -0.15) is 0 Å². The minimum absolute atomic E-state index is 0.0379. The lowest BCUT2D eigenvalue weighted by atomic mass is 10.1. The highest BCUT2D eigenvalue weighted by molar-refractivity contribution is 5.80. The van der Waals surface area contributed by atoms with Gasteiger partial charge in [-0.05, 0) is 43.2 Å². The number of carbonyl (C=O) groups is 1. The van der Waals surface area contributed by atoms with Crippen LogP contribution in [-0.2, 0) is 11.3 Å². The number of fused-ring (bicyclic) bond motifs is 1. The van der Waals surface area contributed by atoms with Gasteiger partial charge in [-0.25, -0.2) is 4.98 Å². The molecule has 0 aliphatic carbocycles. The second-order valence-corrected chi connectivity index (χ2v) is 6.94. The fraction of sp³-hybridized carbons (Fsp3) is 0.318. The summed E-state index contributed by atoms with van der Waals surface area (Å²) in [6, 6.07) is 13.3. The van der Waals surface area contributed by atoms with Crippen molar-refractivity contribution in [1.29, 1.82) is 0 Å². The molecule has 0 bridgehead atoms. The van der Waals surface area contributed by atoms with Gasteiger partial charge in [0.2, 0.25) is 5.91 Å². The Kier molecular flexibility index (Phi) is 6.09. The number of ether oxygens (including phenoxy) is 1. The maximum absolute atomic E-state index is 12.6. The van der Waals surface area contributed by atoms with Crippen LogP contribution in [0, 0.1) is 13.8 Å². The first-order valence-corrected chi connectivity index (χ1v) is 9.34. The Balaban J connectivity index is 1.54. The average Bonchev–Trinajstić information content (AvgIpc) is 2.68. The van der Waals surface area contributed by atoms with Crippen molar-refractivity contribution in [2.24, 2.45) is 0 Å². The summed E-state index contributed by atoms with van der Waals surface area (Å²) >= 11 is 0. The molecular weight excluding hydrogens is 354 g/mol. The second-order valence-electron chi connectivity index (χ2n) is 6.94. The predicted molar refractivity (Wildman–Crippen MR) is 110 cm³/mol. The van der Waals surface area contributed by atoms with Crippen LogP contribution in [0.5, 0.6) is 5.75 Å². The lowest BCUT2D eigenvalue weighted by Crippen LogP contribution is -2.32. The molecule has 1 amide bonds. The van der Waals surface area contributed by atoms with E-state index in [1.54, 1.807) is 18.0 Å². The summed E-state index contributed by atoms with van der Waals surface area (Å²) < 4.78 is 7.19. The van der Waals surface area contributed by atoms with Gasteiger partial charge in [-0.1, -0.05) is 24.3 Å². The van der Waals surface area contributed by atoms with Gasteiger partial charge < -0.3 is 9.64 Å². The Morgan fingerprint density at radius 2 is 1.96 bits per heavy atom. The Bertz CT molecular complexity index is 1040. The van der Waals surface area contributed by atoms with Gasteiger partial charge in [0.1, 0.15) is 12.4 Å². The summed E-state index contributed by atoms with van der Waals surface area (Å²) in [5.41, 5.74) is 2.69. The van der Waals surface area contributed by atoms with Crippen molar-refractivity contribution in [2.45, 2.75) is 26.8 Å². The summed E-state index contributed by atoms with van der Waals surface area (Å²) in [7, 11) is 1.74. The van der Waals surface area contributed by atoms with Crippen LogP contribution in [0.15, 0.2) is 53.6 Å². The van der Waals surface area contributed by atoms with E-state index in [2.05, 4.69) is 4.98 Å². The third kappa shape index (κ3) is 4.57. The van der Waals surface area contributed by atoms with E-state index in [9.17, 15) is 9.59 Å². The van der Waals surface area contributed by atoms with Gasteiger partial charge in [-0.3, -0.25) is 14.2 Å². The number of aromatic nitrogens is 2. The number of aryl methyl sites for hydroxylation is 3. The van der Waals surface area contributed by atoms with Gasteiger partial charge in [0, 0.05) is 20.0 Å². The standard InChI is InChI=1S/C22H25N3O3/c1-16-6-4-8-18(14-16)28-13-12-24(3)20(26)10-11-25-15-23-21-17(2)7-5-9-19(21)22(25)27/h4-9,14-15H,10-13H2,1-3H3. The molecule has 146 valence electrons. The first kappa shape index (κ1) is 19.6. The Hall–Kier alpha value is -3.15. The van der Waals surface area contributed by atoms with Gasteiger partial charge >= 0.3 is 0 Å². The first-order valence-electron chi connectivity index (χ1n) is 9.34. The quantitative estimate of drug-likeness (QED) is 0.633. The fourth-order valence-corrected chi connectivity index (χ4v) is 3.03. The number of carbonyl (C=O) groups excluding carboxylic acids is 1. The first-order chi connectivity index (χ1) is 13.5. The molecule has 0 atom stereocenters. The lowest BCUT2D eigenvalue weighted by molar-refractivity contribution is -0.130. The third-order valence-electron chi connectivity index (χ3n) is 4.73. The maximum atomic E-state index is 12.6. The molecule has 0 N–H and O–H groups in total. The SMILES string of the molecule is Cc1cccc(OCCN(C)C(=O)CCn2cnc3c(C)cccc3c2=O)c1. The van der Waals surface area contributed by atoms with E-state index in [1.807, 2.05) is 50.2 Å². The van der Waals surface area contributed by atoms with E-state index in [-0.39, 0.29) is 17.9 Å². The second kappa shape index (κ2) is 8.69. The normalized spacial score (nSPS) is 10.8. The monoisotopic (exact) mass is 379 g/mol. The number of likely N-dealkylation sites (N-methyl/N-ethyl adjacent to an activating group) is 1. The van der Waals surface area contributed by atoms with Crippen molar-refractivity contribution in [3.8, 4) is 5.75 Å². The summed E-state index contributed by atoms with van der Waals surface area (Å²) in [5.74, 6) is 0.758. The minimum Gasteiger partial charge on any atom is -0.492 e. The van der Waals surface area contributed by atoms with Crippen LogP contribution < -0.4 is 10.3 Å². The third-order valence-corrected chi connectivity index (χ3v) is 4.73. The molecular formula is C22H25N3O3. The summed E-state index contributed by atoms with van der Waals surface area (Å²) in [4.78, 5) is 31.0. The summed E-state index contributed by atoms with van der Waals surface area (Å²) in [6.07, 6.45) is 1.76. The number of amides is 1. The van der Waals surface area contributed by atoms with E-state index in [0.717, 1.165) is 16.9 Å². The van der Waals surface area contributed by atoms with Crippen molar-refractivity contribution in [3.63, 3.8) is 0 Å². The molecule has 3 rings (SSSR count). The number of nitrogens with zero attached hydrogens (tertiary/aromatic N) is 3. The Labute approximate surface area is 164 Å². The summed E-state index contributed by atoms with van der Waals surface area (Å²) in [6.45, 7) is 5.14. The Morgan fingerprint density at radius 1 is 1.18 bits per heavy atom. The number of hydrogen-bond acceptors (Lipinski definition) is 4. The van der Waals surface area contributed by atoms with Crippen molar-refractivity contribution >= 4 is 16.8 Å². The Morgan fingerprint density at radius 3 is 2.75 bits per heavy atom. The predicted octanol–water partition coefficient (Wildman–Crippen LogP) is 2.94. The summed E-state index contributed by atoms with van der Waals surface area (Å²) in [5, 5.41) is 0.579. The molecule has 1 aromatic heterocycles. The van der Waals surface area contributed by atoms with Crippen molar-refractivity contribution in [2.75, 3.05) is 20.2 Å². The van der Waals surface area contributed by atoms with E-state index < -0.39 is 0 Å². The zero-order valence-corrected chi connectivity index (χ0v) is 16.5. The highest BCUT2D eigenvalue weighted by Gasteiger charge is 2.11. The lowest BCUT2D eigenvalue weighted by Gasteiger charge is -2.18. The van der Waals surface area contributed by atoms with Crippen LogP contribution >= 0.6 is 0 Å². The van der Waals surface area contributed by atoms with Crippen LogP contribution in [0.3, 0.4) is 0 Å². The topological polar surface area (TPSA) is 64.4 Å². The largest absolute Gasteiger partial charge is 0.492 e. The molecule has 0 saturated carbocycles. The molecule has 6 heteroatoms. The minimum atomic E-state index is -0.119. The average molecular weight is 379 g/mol. The van der Waals surface area contributed by atoms with Gasteiger partial charge in [0.15, 0.2) is 0 Å². The molecule has 0 aliphatic rings. The number of hydrogen-bond donors (Lipinski definition) is 0. The van der Waals surface area contributed by atoms with Crippen molar-refractivity contribution < 1.29 is 9.53 Å². The highest BCUT2D eigenvalue weighted by Crippen LogP contribution is 2.13. The highest BCUT2D eigenvalue weighted by atomic mass is 16.5. The van der Waals surface area contributed by atoms with Crippen LogP contribution in [0.25, 0.3) is 10.9 Å². The molecule has 0 saturated heterocycles. The van der Waals surface area contributed by atoms with E-state index >= 15 is 0 Å². The van der Waals surface area contributed by atoms with Crippen LogP contribution in [-0.4, -0.2) is 40.6 Å². The zero-order chi connectivity index (χ0) is 20.1. The van der Waals surface area contributed by atoms with Gasteiger partial charge in [-0.15, -0.1) is 0 Å². The molecule has 0 unspecified atom stereocenters. The number of benzene rings is 2. The molecule has 3 aromatic rings. The van der Waals surface area contributed by atoms with Gasteiger partial charge in [0.25, 0.3) is 5.56 Å². The zero-order valence-electron chi connectivity index (χ0n) is 16.5. The molecule has 0 fully saturated rings. The van der Waals surface area contributed by atoms with Crippen LogP contribution in [0.2, 0.25) is 0 Å². The van der Waals surface area contributed by atoms with Crippen molar-refractivity contribution in [1.82, 2.24) is 14.5 Å². The van der Waals surface area contributed by atoms with Crippen molar-refractivity contribution in [3.05, 3.63) is 70.3 Å². The van der Waals surface area contributed by atoms with Gasteiger partial charge in [0.05, 0.1) is 23.8 Å². The molecule has 0 aliphatic heterocycles. The number of rotatable bonds is 7. The molecule has 2 aromatic carbocycles. The number of para-hydroxylation sites is 1. The van der Waals surface area contributed by atoms with Crippen LogP contribution in [0.4, 0.5) is 0 Å². The smallest absolute Gasteiger partial charge is 0.261 e.